The Bertz CT molecular complexity index is 877. The van der Waals surface area contributed by atoms with Crippen LogP contribution in [-0.4, -0.2) is 27.8 Å². The highest BCUT2D eigenvalue weighted by atomic mass is 32.2. The zero-order valence-corrected chi connectivity index (χ0v) is 16.0. The standard InChI is InChI=1S/C21H22N4S/c1-3-18-17-14-25(15-7-9-16(26-2)10-8-15)13-11-19(17)24-21(23-18)20-6-4-5-12-22-20/h4-10,12H,3,11,13-14H2,1-2H3. The van der Waals surface area contributed by atoms with E-state index >= 15 is 0 Å². The van der Waals surface area contributed by atoms with Crippen LogP contribution in [0.1, 0.15) is 23.9 Å². The lowest BCUT2D eigenvalue weighted by Gasteiger charge is -2.31. The second-order valence-corrected chi connectivity index (χ2v) is 7.24. The van der Waals surface area contributed by atoms with Crippen LogP contribution in [0.4, 0.5) is 5.69 Å². The first-order chi connectivity index (χ1) is 12.8. The molecule has 4 rings (SSSR count). The zero-order chi connectivity index (χ0) is 17.9. The van der Waals surface area contributed by atoms with Gasteiger partial charge in [0.1, 0.15) is 5.69 Å². The van der Waals surface area contributed by atoms with Crippen molar-refractivity contribution < 1.29 is 0 Å². The van der Waals surface area contributed by atoms with Crippen LogP contribution >= 0.6 is 11.8 Å². The van der Waals surface area contributed by atoms with E-state index in [1.54, 1.807) is 18.0 Å². The maximum atomic E-state index is 4.84. The first-order valence-electron chi connectivity index (χ1n) is 8.97. The van der Waals surface area contributed by atoms with E-state index in [9.17, 15) is 0 Å². The Morgan fingerprint density at radius 1 is 1.08 bits per heavy atom. The van der Waals surface area contributed by atoms with Gasteiger partial charge in [-0.05, 0) is 49.1 Å². The molecule has 0 aliphatic carbocycles. The zero-order valence-electron chi connectivity index (χ0n) is 15.1. The largest absolute Gasteiger partial charge is 0.367 e. The maximum absolute atomic E-state index is 4.84. The molecule has 0 bridgehead atoms. The summed E-state index contributed by atoms with van der Waals surface area (Å²) in [7, 11) is 0. The van der Waals surface area contributed by atoms with Gasteiger partial charge in [0.15, 0.2) is 5.82 Å². The second kappa shape index (κ2) is 7.46. The fraction of sp³-hybridized carbons (Fsp3) is 0.286. The van der Waals surface area contributed by atoms with Gasteiger partial charge in [0, 0.05) is 47.5 Å². The Morgan fingerprint density at radius 3 is 2.62 bits per heavy atom. The fourth-order valence-electron chi connectivity index (χ4n) is 3.40. The van der Waals surface area contributed by atoms with E-state index in [2.05, 4.69) is 47.3 Å². The summed E-state index contributed by atoms with van der Waals surface area (Å²) < 4.78 is 0. The van der Waals surface area contributed by atoms with E-state index < -0.39 is 0 Å². The first kappa shape index (κ1) is 17.0. The molecule has 0 saturated carbocycles. The SMILES string of the molecule is CCc1nc(-c2ccccn2)nc2c1CN(c1ccc(SC)cc1)CC2. The van der Waals surface area contributed by atoms with Crippen LogP contribution in [0, 0.1) is 0 Å². The fourth-order valence-corrected chi connectivity index (χ4v) is 3.81. The lowest BCUT2D eigenvalue weighted by atomic mass is 10.0. The highest BCUT2D eigenvalue weighted by Gasteiger charge is 2.22. The van der Waals surface area contributed by atoms with E-state index in [0.717, 1.165) is 43.1 Å². The van der Waals surface area contributed by atoms with Crippen molar-refractivity contribution >= 4 is 17.4 Å². The molecule has 1 aliphatic heterocycles. The molecule has 1 aromatic carbocycles. The third-order valence-corrected chi connectivity index (χ3v) is 5.56. The Hall–Kier alpha value is -2.40. The number of benzene rings is 1. The Morgan fingerprint density at radius 2 is 1.92 bits per heavy atom. The van der Waals surface area contributed by atoms with Crippen LogP contribution < -0.4 is 4.90 Å². The van der Waals surface area contributed by atoms with Crippen molar-refractivity contribution in [2.75, 3.05) is 17.7 Å². The van der Waals surface area contributed by atoms with Crippen molar-refractivity contribution in [2.24, 2.45) is 0 Å². The molecular weight excluding hydrogens is 340 g/mol. The molecule has 0 fully saturated rings. The number of hydrogen-bond acceptors (Lipinski definition) is 5. The molecule has 3 aromatic rings. The number of thioether (sulfide) groups is 1. The van der Waals surface area contributed by atoms with Gasteiger partial charge in [-0.2, -0.15) is 0 Å². The summed E-state index contributed by atoms with van der Waals surface area (Å²) in [5, 5.41) is 0. The van der Waals surface area contributed by atoms with Gasteiger partial charge in [0.25, 0.3) is 0 Å². The average molecular weight is 363 g/mol. The molecule has 2 aromatic heterocycles. The van der Waals surface area contributed by atoms with Crippen LogP contribution in [0.15, 0.2) is 53.6 Å². The molecule has 3 heterocycles. The van der Waals surface area contributed by atoms with Gasteiger partial charge < -0.3 is 4.90 Å². The predicted molar refractivity (Wildman–Crippen MR) is 108 cm³/mol. The van der Waals surface area contributed by atoms with Gasteiger partial charge in [-0.25, -0.2) is 9.97 Å². The summed E-state index contributed by atoms with van der Waals surface area (Å²) in [6.45, 7) is 4.02. The molecule has 0 saturated heterocycles. The van der Waals surface area contributed by atoms with E-state index in [1.807, 2.05) is 18.2 Å². The van der Waals surface area contributed by atoms with E-state index in [4.69, 9.17) is 9.97 Å². The number of aromatic nitrogens is 3. The second-order valence-electron chi connectivity index (χ2n) is 6.36. The number of pyridine rings is 1. The van der Waals surface area contributed by atoms with Gasteiger partial charge in [0.2, 0.25) is 0 Å². The summed E-state index contributed by atoms with van der Waals surface area (Å²) in [5.41, 5.74) is 5.72. The number of aryl methyl sites for hydroxylation is 1. The highest BCUT2D eigenvalue weighted by molar-refractivity contribution is 7.98. The number of nitrogens with zero attached hydrogens (tertiary/aromatic N) is 4. The number of anilines is 1. The molecule has 0 unspecified atom stereocenters. The number of rotatable bonds is 4. The van der Waals surface area contributed by atoms with Crippen LogP contribution in [0.25, 0.3) is 11.5 Å². The van der Waals surface area contributed by atoms with Crippen molar-refractivity contribution in [1.82, 2.24) is 15.0 Å². The lowest BCUT2D eigenvalue weighted by molar-refractivity contribution is 0.693. The summed E-state index contributed by atoms with van der Waals surface area (Å²) in [6.07, 6.45) is 5.75. The van der Waals surface area contributed by atoms with Gasteiger partial charge in [-0.15, -0.1) is 11.8 Å². The lowest BCUT2D eigenvalue weighted by Crippen LogP contribution is -2.32. The Balaban J connectivity index is 1.66. The molecule has 0 amide bonds. The third-order valence-electron chi connectivity index (χ3n) is 4.81. The summed E-state index contributed by atoms with van der Waals surface area (Å²) in [5.74, 6) is 0.749. The molecule has 26 heavy (non-hydrogen) atoms. The van der Waals surface area contributed by atoms with Gasteiger partial charge in [-0.3, -0.25) is 4.98 Å². The Labute approximate surface area is 158 Å². The molecule has 5 heteroatoms. The minimum Gasteiger partial charge on any atom is -0.367 e. The molecular formula is C21H22N4S. The summed E-state index contributed by atoms with van der Waals surface area (Å²) in [4.78, 5) is 17.8. The molecule has 1 aliphatic rings. The van der Waals surface area contributed by atoms with E-state index in [-0.39, 0.29) is 0 Å². The quantitative estimate of drug-likeness (QED) is 0.644. The molecule has 4 nitrogen and oxygen atoms in total. The predicted octanol–water partition coefficient (Wildman–Crippen LogP) is 4.39. The normalized spacial score (nSPS) is 13.5. The first-order valence-corrected chi connectivity index (χ1v) is 10.2. The minimum atomic E-state index is 0.749. The topological polar surface area (TPSA) is 41.9 Å². The van der Waals surface area contributed by atoms with Crippen LogP contribution in [0.3, 0.4) is 0 Å². The molecule has 0 atom stereocenters. The van der Waals surface area contributed by atoms with Crippen LogP contribution in [-0.2, 0) is 19.4 Å². The highest BCUT2D eigenvalue weighted by Crippen LogP contribution is 2.28. The Kier molecular flexibility index (Phi) is 4.89. The maximum Gasteiger partial charge on any atom is 0.178 e. The molecule has 0 N–H and O–H groups in total. The molecule has 0 radical (unpaired) electrons. The third kappa shape index (κ3) is 3.31. The average Bonchev–Trinajstić information content (AvgIpc) is 2.73. The van der Waals surface area contributed by atoms with E-state index in [0.29, 0.717) is 0 Å². The van der Waals surface area contributed by atoms with Crippen molar-refractivity contribution in [3.8, 4) is 11.5 Å². The monoisotopic (exact) mass is 362 g/mol. The van der Waals surface area contributed by atoms with Gasteiger partial charge in [-0.1, -0.05) is 13.0 Å². The smallest absolute Gasteiger partial charge is 0.178 e. The van der Waals surface area contributed by atoms with E-state index in [1.165, 1.54) is 21.8 Å². The van der Waals surface area contributed by atoms with Crippen molar-refractivity contribution in [3.05, 3.63) is 65.6 Å². The number of fused-ring (bicyclic) bond motifs is 1. The van der Waals surface area contributed by atoms with Crippen molar-refractivity contribution in [1.29, 1.82) is 0 Å². The van der Waals surface area contributed by atoms with Crippen molar-refractivity contribution in [3.63, 3.8) is 0 Å². The summed E-state index contributed by atoms with van der Waals surface area (Å²) in [6, 6.07) is 14.7. The van der Waals surface area contributed by atoms with Crippen molar-refractivity contribution in [2.45, 2.75) is 31.2 Å². The van der Waals surface area contributed by atoms with Crippen LogP contribution in [0.5, 0.6) is 0 Å². The summed E-state index contributed by atoms with van der Waals surface area (Å²) >= 11 is 1.77. The van der Waals surface area contributed by atoms with Gasteiger partial charge >= 0.3 is 0 Å². The molecule has 132 valence electrons. The van der Waals surface area contributed by atoms with Crippen LogP contribution in [0.2, 0.25) is 0 Å². The minimum absolute atomic E-state index is 0.749. The number of hydrogen-bond donors (Lipinski definition) is 0. The molecule has 0 spiro atoms. The van der Waals surface area contributed by atoms with Gasteiger partial charge in [0.05, 0.1) is 5.69 Å².